The lowest BCUT2D eigenvalue weighted by molar-refractivity contribution is -0.136. The molecule has 10 heteroatoms. The predicted molar refractivity (Wildman–Crippen MR) is 134 cm³/mol. The number of sulfonamides is 1. The maximum absolute atomic E-state index is 14.3. The minimum absolute atomic E-state index is 0.0477. The molecular formula is C26H31ClF2N2O4S. The minimum atomic E-state index is -4.15. The van der Waals surface area contributed by atoms with Crippen LogP contribution in [0.5, 0.6) is 5.75 Å². The summed E-state index contributed by atoms with van der Waals surface area (Å²) in [7, 11) is -4.15. The molecule has 2 aromatic carbocycles. The van der Waals surface area contributed by atoms with E-state index in [1.807, 2.05) is 17.9 Å². The van der Waals surface area contributed by atoms with Crippen molar-refractivity contribution in [1.82, 2.24) is 9.21 Å². The topological polar surface area (TPSA) is 66.9 Å². The number of likely N-dealkylation sites (tertiary alicyclic amines) is 1. The Kier molecular flexibility index (Phi) is 8.22. The fraction of sp³-hybridized carbons (Fsp3) is 0.500. The number of carbonyl (C=O) groups is 1. The van der Waals surface area contributed by atoms with E-state index in [0.717, 1.165) is 50.0 Å². The highest BCUT2D eigenvalue weighted by Gasteiger charge is 2.42. The molecule has 0 radical (unpaired) electrons. The second kappa shape index (κ2) is 11.0. The van der Waals surface area contributed by atoms with Crippen LogP contribution in [0.15, 0.2) is 41.3 Å². The maximum Gasteiger partial charge on any atom is 0.245 e. The number of halogens is 3. The molecule has 0 N–H and O–H groups in total. The number of hydrogen-bond donors (Lipinski definition) is 0. The Hall–Kier alpha value is -2.23. The van der Waals surface area contributed by atoms with Gasteiger partial charge in [0, 0.05) is 49.1 Å². The summed E-state index contributed by atoms with van der Waals surface area (Å²) < 4.78 is 61.1. The third-order valence-electron chi connectivity index (χ3n) is 7.20. The summed E-state index contributed by atoms with van der Waals surface area (Å²) in [5.74, 6) is -1.28. The summed E-state index contributed by atoms with van der Waals surface area (Å²) in [4.78, 5) is 14.5. The molecule has 1 amide bonds. The molecule has 196 valence electrons. The van der Waals surface area contributed by atoms with Gasteiger partial charge in [-0.1, -0.05) is 11.6 Å². The molecule has 0 spiro atoms. The van der Waals surface area contributed by atoms with Crippen molar-refractivity contribution in [3.8, 4) is 5.75 Å². The van der Waals surface area contributed by atoms with Crippen LogP contribution in [0.1, 0.15) is 44.1 Å². The summed E-state index contributed by atoms with van der Waals surface area (Å²) >= 11 is 6.13. The van der Waals surface area contributed by atoms with Gasteiger partial charge in [-0.25, -0.2) is 17.2 Å². The number of carbonyl (C=O) groups excluding carboxylic acids is 1. The van der Waals surface area contributed by atoms with Crippen molar-refractivity contribution in [3.63, 3.8) is 0 Å². The Labute approximate surface area is 216 Å². The van der Waals surface area contributed by atoms with E-state index in [2.05, 4.69) is 0 Å². The van der Waals surface area contributed by atoms with Crippen molar-refractivity contribution >= 4 is 27.5 Å². The lowest BCUT2D eigenvalue weighted by Gasteiger charge is -2.42. The molecule has 4 rings (SSSR count). The number of amides is 1. The van der Waals surface area contributed by atoms with E-state index in [9.17, 15) is 22.0 Å². The number of nitrogens with zero attached hydrogens (tertiary/aromatic N) is 2. The lowest BCUT2D eigenvalue weighted by atomic mass is 9.76. The van der Waals surface area contributed by atoms with Crippen LogP contribution in [0.3, 0.4) is 0 Å². The summed E-state index contributed by atoms with van der Waals surface area (Å²) in [6.07, 6.45) is 4.07. The van der Waals surface area contributed by atoms with Gasteiger partial charge in [0.15, 0.2) is 0 Å². The molecule has 0 aromatic heterocycles. The molecule has 2 aromatic rings. The first-order chi connectivity index (χ1) is 17.1. The number of rotatable bonds is 7. The van der Waals surface area contributed by atoms with Crippen molar-refractivity contribution in [2.24, 2.45) is 5.41 Å². The van der Waals surface area contributed by atoms with Crippen LogP contribution >= 0.6 is 11.6 Å². The van der Waals surface area contributed by atoms with Gasteiger partial charge in [0.2, 0.25) is 15.9 Å². The molecule has 0 saturated carbocycles. The van der Waals surface area contributed by atoms with Gasteiger partial charge in [-0.05, 0) is 74.9 Å². The molecule has 2 aliphatic rings. The standard InChI is InChI=1S/C26H31ClF2N2O4S/c1-19-15-21(6-7-22(19)27)35-18-26(17-25(32)30-11-3-2-4-12-30)9-13-31(14-10-26)36(33,34)24-8-5-20(28)16-23(24)29/h5-8,15-16H,2-4,9-14,17-18H2,1H3. The number of benzene rings is 2. The second-order valence-electron chi connectivity index (χ2n) is 9.80. The highest BCUT2D eigenvalue weighted by Crippen LogP contribution is 2.39. The van der Waals surface area contributed by atoms with E-state index < -0.39 is 32.0 Å². The maximum atomic E-state index is 14.3. The number of ether oxygens (including phenoxy) is 1. The highest BCUT2D eigenvalue weighted by molar-refractivity contribution is 7.89. The fourth-order valence-electron chi connectivity index (χ4n) is 4.92. The molecule has 0 bridgehead atoms. The molecule has 36 heavy (non-hydrogen) atoms. The first kappa shape index (κ1) is 26.8. The molecule has 0 aliphatic carbocycles. The van der Waals surface area contributed by atoms with Crippen LogP contribution in [0.2, 0.25) is 5.02 Å². The van der Waals surface area contributed by atoms with Crippen molar-refractivity contribution in [2.75, 3.05) is 32.8 Å². The summed E-state index contributed by atoms with van der Waals surface area (Å²) in [5.41, 5.74) is 0.296. The predicted octanol–water partition coefficient (Wildman–Crippen LogP) is 5.18. The monoisotopic (exact) mass is 540 g/mol. The van der Waals surface area contributed by atoms with Gasteiger partial charge in [0.05, 0.1) is 6.61 Å². The minimum Gasteiger partial charge on any atom is -0.493 e. The summed E-state index contributed by atoms with van der Waals surface area (Å²) in [5, 5.41) is 0.629. The van der Waals surface area contributed by atoms with E-state index in [0.29, 0.717) is 29.7 Å². The van der Waals surface area contributed by atoms with Crippen molar-refractivity contribution in [3.05, 3.63) is 58.6 Å². The molecule has 2 aliphatic heterocycles. The lowest BCUT2D eigenvalue weighted by Crippen LogP contribution is -2.48. The van der Waals surface area contributed by atoms with Crippen molar-refractivity contribution < 1.29 is 26.7 Å². The van der Waals surface area contributed by atoms with Gasteiger partial charge in [-0.2, -0.15) is 4.31 Å². The highest BCUT2D eigenvalue weighted by atomic mass is 35.5. The zero-order valence-electron chi connectivity index (χ0n) is 20.3. The van der Waals surface area contributed by atoms with E-state index in [-0.39, 0.29) is 32.0 Å². The van der Waals surface area contributed by atoms with E-state index >= 15 is 0 Å². The quantitative estimate of drug-likeness (QED) is 0.485. The number of hydrogen-bond acceptors (Lipinski definition) is 4. The van der Waals surface area contributed by atoms with Gasteiger partial charge >= 0.3 is 0 Å². The molecule has 0 atom stereocenters. The Morgan fingerprint density at radius 3 is 2.36 bits per heavy atom. The van der Waals surface area contributed by atoms with Gasteiger partial charge in [-0.3, -0.25) is 4.79 Å². The van der Waals surface area contributed by atoms with Gasteiger partial charge < -0.3 is 9.64 Å². The average Bonchev–Trinajstić information content (AvgIpc) is 2.85. The largest absolute Gasteiger partial charge is 0.493 e. The average molecular weight is 541 g/mol. The zero-order chi connectivity index (χ0) is 25.9. The van der Waals surface area contributed by atoms with Crippen molar-refractivity contribution in [2.45, 2.75) is 50.3 Å². The Morgan fingerprint density at radius 1 is 1.03 bits per heavy atom. The molecule has 0 unspecified atom stereocenters. The van der Waals surface area contributed by atoms with Gasteiger partial charge in [-0.15, -0.1) is 0 Å². The Balaban J connectivity index is 1.51. The van der Waals surface area contributed by atoms with Crippen LogP contribution in [0, 0.1) is 24.0 Å². The normalized spacial score (nSPS) is 18.7. The van der Waals surface area contributed by atoms with Crippen LogP contribution in [-0.2, 0) is 14.8 Å². The SMILES string of the molecule is Cc1cc(OCC2(CC(=O)N3CCCCC3)CCN(S(=O)(=O)c3ccc(F)cc3F)CC2)ccc1Cl. The van der Waals surface area contributed by atoms with E-state index in [1.165, 1.54) is 4.31 Å². The Bertz CT molecular complexity index is 1210. The third-order valence-corrected chi connectivity index (χ3v) is 9.56. The zero-order valence-corrected chi connectivity index (χ0v) is 21.9. The molecule has 6 nitrogen and oxygen atoms in total. The number of aryl methyl sites for hydroxylation is 1. The van der Waals surface area contributed by atoms with Crippen molar-refractivity contribution in [1.29, 1.82) is 0 Å². The fourth-order valence-corrected chi connectivity index (χ4v) is 6.52. The summed E-state index contributed by atoms with van der Waals surface area (Å²) in [6.45, 7) is 3.80. The van der Waals surface area contributed by atoms with Gasteiger partial charge in [0.1, 0.15) is 22.3 Å². The molecular weight excluding hydrogens is 510 g/mol. The molecule has 2 fully saturated rings. The van der Waals surface area contributed by atoms with Crippen LogP contribution in [0.4, 0.5) is 8.78 Å². The second-order valence-corrected chi connectivity index (χ2v) is 12.1. The van der Waals surface area contributed by atoms with Crippen LogP contribution < -0.4 is 4.74 Å². The molecule has 2 heterocycles. The van der Waals surface area contributed by atoms with Crippen LogP contribution in [-0.4, -0.2) is 56.3 Å². The van der Waals surface area contributed by atoms with E-state index in [1.54, 1.807) is 12.1 Å². The Morgan fingerprint density at radius 2 is 1.72 bits per heavy atom. The summed E-state index contributed by atoms with van der Waals surface area (Å²) in [6, 6.07) is 7.81. The first-order valence-electron chi connectivity index (χ1n) is 12.2. The van der Waals surface area contributed by atoms with Crippen LogP contribution in [0.25, 0.3) is 0 Å². The smallest absolute Gasteiger partial charge is 0.245 e. The molecule has 2 saturated heterocycles. The number of piperidine rings is 2. The van der Waals surface area contributed by atoms with E-state index in [4.69, 9.17) is 16.3 Å². The van der Waals surface area contributed by atoms with Gasteiger partial charge in [0.25, 0.3) is 0 Å². The third kappa shape index (κ3) is 6.01. The first-order valence-corrected chi connectivity index (χ1v) is 14.0.